The SMILES string of the molecule is CCCNc1cncc(NC(C)c2ccncc2)n1. The lowest BCUT2D eigenvalue weighted by molar-refractivity contribution is 0.866. The molecular weight excluding hydrogens is 238 g/mol. The van der Waals surface area contributed by atoms with Gasteiger partial charge in [0.1, 0.15) is 11.6 Å². The number of rotatable bonds is 6. The molecule has 0 spiro atoms. The second kappa shape index (κ2) is 6.68. The minimum Gasteiger partial charge on any atom is -0.369 e. The Morgan fingerprint density at radius 2 is 1.84 bits per heavy atom. The summed E-state index contributed by atoms with van der Waals surface area (Å²) in [6, 6.07) is 4.15. The third-order valence-electron chi connectivity index (χ3n) is 2.76. The van der Waals surface area contributed by atoms with Gasteiger partial charge in [-0.1, -0.05) is 6.92 Å². The second-order valence-corrected chi connectivity index (χ2v) is 4.36. The summed E-state index contributed by atoms with van der Waals surface area (Å²) in [6.45, 7) is 5.11. The van der Waals surface area contributed by atoms with Crippen LogP contribution in [-0.2, 0) is 0 Å². The van der Waals surface area contributed by atoms with Crippen LogP contribution in [0.2, 0.25) is 0 Å². The molecule has 19 heavy (non-hydrogen) atoms. The number of hydrogen-bond acceptors (Lipinski definition) is 5. The number of aromatic nitrogens is 3. The topological polar surface area (TPSA) is 62.7 Å². The molecule has 2 aromatic rings. The molecule has 0 aromatic carbocycles. The summed E-state index contributed by atoms with van der Waals surface area (Å²) in [5, 5.41) is 6.56. The molecule has 0 saturated heterocycles. The van der Waals surface area contributed by atoms with E-state index in [2.05, 4.69) is 39.4 Å². The van der Waals surface area contributed by atoms with E-state index in [9.17, 15) is 0 Å². The summed E-state index contributed by atoms with van der Waals surface area (Å²) in [4.78, 5) is 12.7. The highest BCUT2D eigenvalue weighted by molar-refractivity contribution is 5.43. The summed E-state index contributed by atoms with van der Waals surface area (Å²) in [7, 11) is 0. The van der Waals surface area contributed by atoms with Gasteiger partial charge >= 0.3 is 0 Å². The number of nitrogens with one attached hydrogen (secondary N) is 2. The van der Waals surface area contributed by atoms with Gasteiger partial charge in [-0.25, -0.2) is 4.98 Å². The minimum atomic E-state index is 0.165. The Balaban J connectivity index is 2.02. The molecule has 0 bridgehead atoms. The van der Waals surface area contributed by atoms with E-state index in [1.165, 1.54) is 5.56 Å². The van der Waals surface area contributed by atoms with Crippen molar-refractivity contribution in [3.8, 4) is 0 Å². The maximum Gasteiger partial charge on any atom is 0.147 e. The van der Waals surface area contributed by atoms with Gasteiger partial charge in [-0.3, -0.25) is 9.97 Å². The molecule has 1 atom stereocenters. The Morgan fingerprint density at radius 3 is 2.58 bits per heavy atom. The van der Waals surface area contributed by atoms with Crippen LogP contribution in [0, 0.1) is 0 Å². The third kappa shape index (κ3) is 3.91. The fourth-order valence-electron chi connectivity index (χ4n) is 1.73. The van der Waals surface area contributed by atoms with Gasteiger partial charge in [-0.05, 0) is 31.0 Å². The molecule has 5 nitrogen and oxygen atoms in total. The summed E-state index contributed by atoms with van der Waals surface area (Å²) in [6.07, 6.45) is 8.11. The molecule has 5 heteroatoms. The molecule has 2 rings (SSSR count). The normalized spacial score (nSPS) is 11.9. The summed E-state index contributed by atoms with van der Waals surface area (Å²) in [5.41, 5.74) is 1.17. The minimum absolute atomic E-state index is 0.165. The highest BCUT2D eigenvalue weighted by Crippen LogP contribution is 2.17. The average Bonchev–Trinajstić information content (AvgIpc) is 2.46. The van der Waals surface area contributed by atoms with Crippen LogP contribution in [0.3, 0.4) is 0 Å². The Kier molecular flexibility index (Phi) is 4.66. The van der Waals surface area contributed by atoms with Gasteiger partial charge in [0.15, 0.2) is 0 Å². The summed E-state index contributed by atoms with van der Waals surface area (Å²) in [5.74, 6) is 1.57. The van der Waals surface area contributed by atoms with Gasteiger partial charge in [0.05, 0.1) is 18.4 Å². The molecule has 0 amide bonds. The van der Waals surface area contributed by atoms with Crippen LogP contribution >= 0.6 is 0 Å². The Labute approximate surface area is 113 Å². The monoisotopic (exact) mass is 257 g/mol. The molecule has 0 fully saturated rings. The van der Waals surface area contributed by atoms with E-state index < -0.39 is 0 Å². The van der Waals surface area contributed by atoms with E-state index in [1.807, 2.05) is 12.1 Å². The van der Waals surface area contributed by atoms with Crippen LogP contribution in [0.1, 0.15) is 31.9 Å². The van der Waals surface area contributed by atoms with E-state index in [1.54, 1.807) is 24.8 Å². The van der Waals surface area contributed by atoms with Crippen molar-refractivity contribution in [2.75, 3.05) is 17.2 Å². The zero-order valence-corrected chi connectivity index (χ0v) is 11.3. The zero-order valence-electron chi connectivity index (χ0n) is 11.3. The Hall–Kier alpha value is -2.17. The van der Waals surface area contributed by atoms with Crippen molar-refractivity contribution in [2.45, 2.75) is 26.3 Å². The van der Waals surface area contributed by atoms with Crippen LogP contribution < -0.4 is 10.6 Å². The lowest BCUT2D eigenvalue weighted by atomic mass is 10.1. The first kappa shape index (κ1) is 13.3. The van der Waals surface area contributed by atoms with Crippen molar-refractivity contribution in [2.24, 2.45) is 0 Å². The molecule has 100 valence electrons. The molecular formula is C14H19N5. The van der Waals surface area contributed by atoms with Crippen molar-refractivity contribution in [1.82, 2.24) is 15.0 Å². The van der Waals surface area contributed by atoms with Crippen molar-refractivity contribution in [1.29, 1.82) is 0 Å². The molecule has 0 radical (unpaired) electrons. The first-order valence-electron chi connectivity index (χ1n) is 6.52. The number of anilines is 2. The maximum absolute atomic E-state index is 4.48. The van der Waals surface area contributed by atoms with Crippen molar-refractivity contribution in [3.05, 3.63) is 42.5 Å². The van der Waals surface area contributed by atoms with Crippen molar-refractivity contribution >= 4 is 11.6 Å². The predicted molar refractivity (Wildman–Crippen MR) is 77.1 cm³/mol. The highest BCUT2D eigenvalue weighted by Gasteiger charge is 2.06. The average molecular weight is 257 g/mol. The molecule has 2 heterocycles. The molecule has 2 aromatic heterocycles. The second-order valence-electron chi connectivity index (χ2n) is 4.36. The van der Waals surface area contributed by atoms with Gasteiger partial charge in [-0.2, -0.15) is 0 Å². The zero-order chi connectivity index (χ0) is 13.5. The number of hydrogen-bond donors (Lipinski definition) is 2. The smallest absolute Gasteiger partial charge is 0.147 e. The standard InChI is InChI=1S/C14H19N5/c1-3-6-17-13-9-16-10-14(19-13)18-11(2)12-4-7-15-8-5-12/h4-5,7-11H,3,6H2,1-2H3,(H2,17,18,19). The summed E-state index contributed by atoms with van der Waals surface area (Å²) >= 11 is 0. The molecule has 0 aliphatic carbocycles. The van der Waals surface area contributed by atoms with E-state index in [0.717, 1.165) is 24.6 Å². The van der Waals surface area contributed by atoms with Crippen LogP contribution in [-0.4, -0.2) is 21.5 Å². The van der Waals surface area contributed by atoms with Crippen LogP contribution in [0.5, 0.6) is 0 Å². The molecule has 0 aliphatic rings. The van der Waals surface area contributed by atoms with Gasteiger partial charge < -0.3 is 10.6 Å². The molecule has 2 N–H and O–H groups in total. The molecule has 0 aliphatic heterocycles. The third-order valence-corrected chi connectivity index (χ3v) is 2.76. The van der Waals surface area contributed by atoms with Crippen molar-refractivity contribution < 1.29 is 0 Å². The summed E-state index contributed by atoms with van der Waals surface area (Å²) < 4.78 is 0. The van der Waals surface area contributed by atoms with E-state index in [4.69, 9.17) is 0 Å². The van der Waals surface area contributed by atoms with Gasteiger partial charge in [0, 0.05) is 18.9 Å². The lowest BCUT2D eigenvalue weighted by Crippen LogP contribution is -2.10. The fourth-order valence-corrected chi connectivity index (χ4v) is 1.73. The Bertz CT molecular complexity index is 500. The van der Waals surface area contributed by atoms with Crippen molar-refractivity contribution in [3.63, 3.8) is 0 Å². The first-order valence-corrected chi connectivity index (χ1v) is 6.52. The van der Waals surface area contributed by atoms with Crippen LogP contribution in [0.25, 0.3) is 0 Å². The largest absolute Gasteiger partial charge is 0.369 e. The first-order chi connectivity index (χ1) is 9.29. The maximum atomic E-state index is 4.48. The fraction of sp³-hybridized carbons (Fsp3) is 0.357. The van der Waals surface area contributed by atoms with E-state index >= 15 is 0 Å². The predicted octanol–water partition coefficient (Wildman–Crippen LogP) is 2.87. The van der Waals surface area contributed by atoms with Crippen LogP contribution in [0.15, 0.2) is 36.9 Å². The Morgan fingerprint density at radius 1 is 1.11 bits per heavy atom. The van der Waals surface area contributed by atoms with Gasteiger partial charge in [0.2, 0.25) is 0 Å². The highest BCUT2D eigenvalue weighted by atomic mass is 15.1. The van der Waals surface area contributed by atoms with E-state index in [0.29, 0.717) is 0 Å². The van der Waals surface area contributed by atoms with E-state index in [-0.39, 0.29) is 6.04 Å². The number of nitrogens with zero attached hydrogens (tertiary/aromatic N) is 3. The lowest BCUT2D eigenvalue weighted by Gasteiger charge is -2.15. The quantitative estimate of drug-likeness (QED) is 0.833. The number of pyridine rings is 1. The van der Waals surface area contributed by atoms with Gasteiger partial charge in [-0.15, -0.1) is 0 Å². The molecule has 1 unspecified atom stereocenters. The van der Waals surface area contributed by atoms with Gasteiger partial charge in [0.25, 0.3) is 0 Å². The molecule has 0 saturated carbocycles. The van der Waals surface area contributed by atoms with Crippen LogP contribution in [0.4, 0.5) is 11.6 Å².